The Labute approximate surface area is 101 Å². The van der Waals surface area contributed by atoms with Crippen molar-refractivity contribution >= 4 is 17.3 Å². The number of benzene rings is 1. The van der Waals surface area contributed by atoms with Crippen molar-refractivity contribution in [1.29, 1.82) is 0 Å². The highest BCUT2D eigenvalue weighted by atomic mass is 35.5. The van der Waals surface area contributed by atoms with Crippen LogP contribution < -0.4 is 5.32 Å². The van der Waals surface area contributed by atoms with E-state index in [2.05, 4.69) is 5.32 Å². The van der Waals surface area contributed by atoms with Crippen molar-refractivity contribution in [2.75, 3.05) is 5.32 Å². The van der Waals surface area contributed by atoms with E-state index in [1.807, 2.05) is 0 Å². The van der Waals surface area contributed by atoms with Crippen LogP contribution in [0.25, 0.3) is 0 Å². The molecular weight excluding hydrogens is 225 g/mol. The molecule has 1 aromatic rings. The van der Waals surface area contributed by atoms with E-state index < -0.39 is 0 Å². The number of anilines is 1. The van der Waals surface area contributed by atoms with Gasteiger partial charge in [-0.1, -0.05) is 43.4 Å². The summed E-state index contributed by atoms with van der Waals surface area (Å²) in [7, 11) is 0. The van der Waals surface area contributed by atoms with Crippen LogP contribution in [0, 0.1) is 5.82 Å². The van der Waals surface area contributed by atoms with Crippen molar-refractivity contribution in [2.24, 2.45) is 0 Å². The Kier molecular flexibility index (Phi) is 4.05. The predicted octanol–water partition coefficient (Wildman–Crippen LogP) is 4.61. The highest BCUT2D eigenvalue weighted by Crippen LogP contribution is 2.26. The fourth-order valence-corrected chi connectivity index (χ4v) is 2.43. The van der Waals surface area contributed by atoms with Gasteiger partial charge in [0.1, 0.15) is 0 Å². The van der Waals surface area contributed by atoms with Crippen LogP contribution in [0.5, 0.6) is 0 Å². The first kappa shape index (κ1) is 11.7. The highest BCUT2D eigenvalue weighted by molar-refractivity contribution is 6.31. The molecule has 2 rings (SSSR count). The summed E-state index contributed by atoms with van der Waals surface area (Å²) < 4.78 is 13.7. The maximum absolute atomic E-state index is 13.7. The lowest BCUT2D eigenvalue weighted by Gasteiger charge is -2.18. The van der Waals surface area contributed by atoms with Gasteiger partial charge in [-0.25, -0.2) is 4.39 Å². The monoisotopic (exact) mass is 241 g/mol. The highest BCUT2D eigenvalue weighted by Gasteiger charge is 2.14. The lowest BCUT2D eigenvalue weighted by molar-refractivity contribution is 0.597. The Hall–Kier alpha value is -0.760. The van der Waals surface area contributed by atoms with Gasteiger partial charge < -0.3 is 5.32 Å². The van der Waals surface area contributed by atoms with Crippen LogP contribution in [-0.4, -0.2) is 6.04 Å². The lowest BCUT2D eigenvalue weighted by atomic mass is 10.1. The van der Waals surface area contributed by atoms with Crippen LogP contribution in [0.3, 0.4) is 0 Å². The molecule has 16 heavy (non-hydrogen) atoms. The largest absolute Gasteiger partial charge is 0.380 e. The van der Waals surface area contributed by atoms with E-state index in [9.17, 15) is 4.39 Å². The quantitative estimate of drug-likeness (QED) is 0.746. The molecule has 0 heterocycles. The molecule has 1 fully saturated rings. The standard InChI is InChI=1S/C13H17ClFN/c14-11-8-5-9-12(13(11)15)16-10-6-3-1-2-4-7-10/h5,8-10,16H,1-4,6-7H2. The molecule has 1 aliphatic carbocycles. The molecule has 0 radical (unpaired) electrons. The lowest BCUT2D eigenvalue weighted by Crippen LogP contribution is -2.19. The molecule has 0 atom stereocenters. The van der Waals surface area contributed by atoms with Crippen molar-refractivity contribution in [3.8, 4) is 0 Å². The summed E-state index contributed by atoms with van der Waals surface area (Å²) in [5.41, 5.74) is 0.541. The van der Waals surface area contributed by atoms with Gasteiger partial charge in [0.2, 0.25) is 0 Å². The Morgan fingerprint density at radius 3 is 2.50 bits per heavy atom. The first-order chi connectivity index (χ1) is 7.77. The molecule has 0 aromatic heterocycles. The molecule has 1 saturated carbocycles. The van der Waals surface area contributed by atoms with Gasteiger partial charge in [0, 0.05) is 6.04 Å². The molecular formula is C13H17ClFN. The summed E-state index contributed by atoms with van der Waals surface area (Å²) in [6, 6.07) is 5.52. The van der Waals surface area contributed by atoms with Crippen LogP contribution in [0.2, 0.25) is 5.02 Å². The summed E-state index contributed by atoms with van der Waals surface area (Å²) in [4.78, 5) is 0. The van der Waals surface area contributed by atoms with E-state index in [0.717, 1.165) is 12.8 Å². The maximum Gasteiger partial charge on any atom is 0.164 e. The second kappa shape index (κ2) is 5.53. The minimum Gasteiger partial charge on any atom is -0.380 e. The minimum atomic E-state index is -0.326. The van der Waals surface area contributed by atoms with Crippen molar-refractivity contribution in [2.45, 2.75) is 44.6 Å². The predicted molar refractivity (Wildman–Crippen MR) is 66.5 cm³/mol. The summed E-state index contributed by atoms with van der Waals surface area (Å²) >= 11 is 5.75. The molecule has 0 bridgehead atoms. The molecule has 1 aliphatic rings. The van der Waals surface area contributed by atoms with Gasteiger partial charge >= 0.3 is 0 Å². The van der Waals surface area contributed by atoms with Crippen molar-refractivity contribution in [1.82, 2.24) is 0 Å². The number of halogens is 2. The third-order valence-corrected chi connectivity index (χ3v) is 3.46. The summed E-state index contributed by atoms with van der Waals surface area (Å²) in [6.45, 7) is 0. The molecule has 0 amide bonds. The molecule has 1 nitrogen and oxygen atoms in total. The van der Waals surface area contributed by atoms with E-state index in [0.29, 0.717) is 11.7 Å². The normalized spacial score (nSPS) is 18.1. The van der Waals surface area contributed by atoms with E-state index in [-0.39, 0.29) is 10.8 Å². The van der Waals surface area contributed by atoms with Gasteiger partial charge in [-0.15, -0.1) is 0 Å². The maximum atomic E-state index is 13.7. The third-order valence-electron chi connectivity index (χ3n) is 3.17. The topological polar surface area (TPSA) is 12.0 Å². The van der Waals surface area contributed by atoms with Gasteiger partial charge in [0.15, 0.2) is 5.82 Å². The van der Waals surface area contributed by atoms with E-state index in [1.165, 1.54) is 25.7 Å². The molecule has 3 heteroatoms. The first-order valence-electron chi connectivity index (χ1n) is 5.98. The van der Waals surface area contributed by atoms with Crippen molar-refractivity contribution < 1.29 is 4.39 Å². The average Bonchev–Trinajstić information content (AvgIpc) is 2.53. The fourth-order valence-electron chi connectivity index (χ4n) is 2.26. The number of hydrogen-bond donors (Lipinski definition) is 1. The van der Waals surface area contributed by atoms with Gasteiger partial charge in [0.05, 0.1) is 10.7 Å². The summed E-state index contributed by atoms with van der Waals surface area (Å²) in [5, 5.41) is 3.46. The van der Waals surface area contributed by atoms with E-state index >= 15 is 0 Å². The molecule has 0 saturated heterocycles. The zero-order valence-electron chi connectivity index (χ0n) is 9.31. The summed E-state index contributed by atoms with van der Waals surface area (Å²) in [5.74, 6) is -0.326. The Morgan fingerprint density at radius 1 is 1.12 bits per heavy atom. The first-order valence-corrected chi connectivity index (χ1v) is 6.36. The van der Waals surface area contributed by atoms with Crippen LogP contribution in [-0.2, 0) is 0 Å². The molecule has 88 valence electrons. The molecule has 1 N–H and O–H groups in total. The number of nitrogens with one attached hydrogen (secondary N) is 1. The van der Waals surface area contributed by atoms with E-state index in [1.54, 1.807) is 18.2 Å². The second-order valence-corrected chi connectivity index (χ2v) is 4.84. The zero-order chi connectivity index (χ0) is 11.4. The molecule has 1 aromatic carbocycles. The Balaban J connectivity index is 2.04. The van der Waals surface area contributed by atoms with Gasteiger partial charge in [-0.05, 0) is 25.0 Å². The number of rotatable bonds is 2. The second-order valence-electron chi connectivity index (χ2n) is 4.43. The third kappa shape index (κ3) is 2.88. The van der Waals surface area contributed by atoms with Crippen molar-refractivity contribution in [3.05, 3.63) is 29.0 Å². The van der Waals surface area contributed by atoms with Crippen LogP contribution in [0.1, 0.15) is 38.5 Å². The Morgan fingerprint density at radius 2 is 1.81 bits per heavy atom. The molecule has 0 aliphatic heterocycles. The van der Waals surface area contributed by atoms with Crippen LogP contribution in [0.15, 0.2) is 18.2 Å². The van der Waals surface area contributed by atoms with Crippen LogP contribution >= 0.6 is 11.6 Å². The Bertz CT molecular complexity index is 346. The minimum absolute atomic E-state index is 0.193. The van der Waals surface area contributed by atoms with Gasteiger partial charge in [-0.3, -0.25) is 0 Å². The van der Waals surface area contributed by atoms with Crippen molar-refractivity contribution in [3.63, 3.8) is 0 Å². The smallest absolute Gasteiger partial charge is 0.164 e. The SMILES string of the molecule is Fc1c(Cl)cccc1NC1CCCCCC1. The van der Waals surface area contributed by atoms with E-state index in [4.69, 9.17) is 11.6 Å². The zero-order valence-corrected chi connectivity index (χ0v) is 10.1. The van der Waals surface area contributed by atoms with Crippen LogP contribution in [0.4, 0.5) is 10.1 Å². The molecule has 0 unspecified atom stereocenters. The number of hydrogen-bond acceptors (Lipinski definition) is 1. The van der Waals surface area contributed by atoms with Gasteiger partial charge in [-0.2, -0.15) is 0 Å². The fraction of sp³-hybridized carbons (Fsp3) is 0.538. The molecule has 0 spiro atoms. The average molecular weight is 242 g/mol. The van der Waals surface area contributed by atoms with Gasteiger partial charge in [0.25, 0.3) is 0 Å². The summed E-state index contributed by atoms with van der Waals surface area (Å²) in [6.07, 6.45) is 7.34.